The molecule has 1 atom stereocenters. The highest BCUT2D eigenvalue weighted by Gasteiger charge is 2.07. The van der Waals surface area contributed by atoms with E-state index in [4.69, 9.17) is 4.99 Å². The van der Waals surface area contributed by atoms with Crippen molar-refractivity contribution >= 4 is 29.9 Å². The normalized spacial score (nSPS) is 12.2. The van der Waals surface area contributed by atoms with Crippen molar-refractivity contribution < 1.29 is 0 Å². The zero-order valence-electron chi connectivity index (χ0n) is 18.0. The highest BCUT2D eigenvalue weighted by atomic mass is 127. The lowest BCUT2D eigenvalue weighted by molar-refractivity contribution is 0.624. The molecule has 160 valence electrons. The topological polar surface area (TPSA) is 54.2 Å². The maximum absolute atomic E-state index is 4.81. The Morgan fingerprint density at radius 1 is 1.10 bits per heavy atom. The molecule has 30 heavy (non-hydrogen) atoms. The van der Waals surface area contributed by atoms with Gasteiger partial charge in [-0.25, -0.2) is 9.98 Å². The summed E-state index contributed by atoms with van der Waals surface area (Å²) in [5, 5.41) is 6.79. The molecule has 5 nitrogen and oxygen atoms in total. The molecule has 0 fully saturated rings. The van der Waals surface area contributed by atoms with Crippen LogP contribution in [0.3, 0.4) is 0 Å². The number of halogens is 1. The van der Waals surface area contributed by atoms with Crippen LogP contribution in [0.15, 0.2) is 72.2 Å². The molecule has 1 aromatic heterocycles. The second-order valence-corrected chi connectivity index (χ2v) is 7.24. The lowest BCUT2D eigenvalue weighted by Crippen LogP contribution is -2.41. The fourth-order valence-electron chi connectivity index (χ4n) is 3.14. The summed E-state index contributed by atoms with van der Waals surface area (Å²) in [6.45, 7) is 8.76. The molecule has 0 spiro atoms. The SMILES string of the molecule is CCNC(=NCc1ccccc1-c1ccc(Cn2ccnc2)cc1)NC(C)CC.I. The molecule has 0 aliphatic heterocycles. The van der Waals surface area contributed by atoms with Crippen molar-refractivity contribution in [3.8, 4) is 11.1 Å². The summed E-state index contributed by atoms with van der Waals surface area (Å²) >= 11 is 0. The van der Waals surface area contributed by atoms with Crippen molar-refractivity contribution in [1.82, 2.24) is 20.2 Å². The quantitative estimate of drug-likeness (QED) is 0.249. The summed E-state index contributed by atoms with van der Waals surface area (Å²) in [5.74, 6) is 0.868. The molecule has 2 N–H and O–H groups in total. The van der Waals surface area contributed by atoms with E-state index in [0.717, 1.165) is 25.5 Å². The lowest BCUT2D eigenvalue weighted by Gasteiger charge is -2.16. The van der Waals surface area contributed by atoms with Crippen LogP contribution >= 0.6 is 24.0 Å². The number of imidazole rings is 1. The van der Waals surface area contributed by atoms with Gasteiger partial charge in [0.25, 0.3) is 0 Å². The van der Waals surface area contributed by atoms with Gasteiger partial charge in [0.15, 0.2) is 5.96 Å². The molecular weight excluding hydrogens is 485 g/mol. The van der Waals surface area contributed by atoms with E-state index in [1.807, 2.05) is 18.7 Å². The van der Waals surface area contributed by atoms with Crippen LogP contribution in [0.1, 0.15) is 38.3 Å². The fourth-order valence-corrected chi connectivity index (χ4v) is 3.14. The van der Waals surface area contributed by atoms with E-state index in [2.05, 4.69) is 89.5 Å². The Hall–Kier alpha value is -2.35. The van der Waals surface area contributed by atoms with Gasteiger partial charge in [0.1, 0.15) is 0 Å². The van der Waals surface area contributed by atoms with Gasteiger partial charge in [-0.3, -0.25) is 0 Å². The van der Waals surface area contributed by atoms with Crippen LogP contribution in [0.4, 0.5) is 0 Å². The molecule has 3 rings (SSSR count). The minimum atomic E-state index is 0. The highest BCUT2D eigenvalue weighted by Crippen LogP contribution is 2.25. The van der Waals surface area contributed by atoms with Crippen molar-refractivity contribution in [2.75, 3.05) is 6.54 Å². The van der Waals surface area contributed by atoms with Gasteiger partial charge in [0.2, 0.25) is 0 Å². The fraction of sp³-hybridized carbons (Fsp3) is 0.333. The molecule has 1 heterocycles. The van der Waals surface area contributed by atoms with Crippen LogP contribution in [-0.4, -0.2) is 28.1 Å². The second-order valence-electron chi connectivity index (χ2n) is 7.24. The van der Waals surface area contributed by atoms with Gasteiger partial charge in [-0.15, -0.1) is 24.0 Å². The van der Waals surface area contributed by atoms with Gasteiger partial charge in [-0.05, 0) is 42.5 Å². The number of aliphatic imine (C=N–C) groups is 1. The van der Waals surface area contributed by atoms with E-state index < -0.39 is 0 Å². The van der Waals surface area contributed by atoms with E-state index in [-0.39, 0.29) is 24.0 Å². The second kappa shape index (κ2) is 12.4. The first-order valence-corrected chi connectivity index (χ1v) is 10.4. The van der Waals surface area contributed by atoms with Crippen molar-refractivity contribution in [2.24, 2.45) is 4.99 Å². The predicted octanol–water partition coefficient (Wildman–Crippen LogP) is 5.07. The summed E-state index contributed by atoms with van der Waals surface area (Å²) in [6.07, 6.45) is 6.70. The van der Waals surface area contributed by atoms with E-state index in [0.29, 0.717) is 12.6 Å². The molecule has 0 aliphatic carbocycles. The smallest absolute Gasteiger partial charge is 0.191 e. The average Bonchev–Trinajstić information content (AvgIpc) is 3.26. The molecular formula is C24H32IN5. The summed E-state index contributed by atoms with van der Waals surface area (Å²) in [5.41, 5.74) is 4.92. The summed E-state index contributed by atoms with van der Waals surface area (Å²) in [6, 6.07) is 17.6. The van der Waals surface area contributed by atoms with E-state index in [1.54, 1.807) is 0 Å². The number of hydrogen-bond donors (Lipinski definition) is 2. The Morgan fingerprint density at radius 2 is 1.87 bits per heavy atom. The highest BCUT2D eigenvalue weighted by molar-refractivity contribution is 14.0. The monoisotopic (exact) mass is 517 g/mol. The maximum Gasteiger partial charge on any atom is 0.191 e. The molecule has 0 saturated heterocycles. The first-order chi connectivity index (χ1) is 14.2. The van der Waals surface area contributed by atoms with E-state index in [9.17, 15) is 0 Å². The summed E-state index contributed by atoms with van der Waals surface area (Å²) in [4.78, 5) is 8.92. The number of hydrogen-bond acceptors (Lipinski definition) is 2. The number of aromatic nitrogens is 2. The van der Waals surface area contributed by atoms with Crippen LogP contribution < -0.4 is 10.6 Å². The van der Waals surface area contributed by atoms with E-state index >= 15 is 0 Å². The molecule has 0 saturated carbocycles. The Kier molecular flexibility index (Phi) is 9.86. The third-order valence-electron chi connectivity index (χ3n) is 4.95. The van der Waals surface area contributed by atoms with Gasteiger partial charge in [0.05, 0.1) is 12.9 Å². The molecule has 6 heteroatoms. The van der Waals surface area contributed by atoms with Gasteiger partial charge in [-0.2, -0.15) is 0 Å². The van der Waals surface area contributed by atoms with Crippen LogP contribution in [0.25, 0.3) is 11.1 Å². The van der Waals surface area contributed by atoms with Gasteiger partial charge < -0.3 is 15.2 Å². The molecule has 0 bridgehead atoms. The van der Waals surface area contributed by atoms with Crippen molar-refractivity contribution in [1.29, 1.82) is 0 Å². The predicted molar refractivity (Wildman–Crippen MR) is 136 cm³/mol. The summed E-state index contributed by atoms with van der Waals surface area (Å²) in [7, 11) is 0. The third-order valence-corrected chi connectivity index (χ3v) is 4.95. The third kappa shape index (κ3) is 6.86. The minimum absolute atomic E-state index is 0. The molecule has 0 radical (unpaired) electrons. The zero-order chi connectivity index (χ0) is 20.5. The largest absolute Gasteiger partial charge is 0.357 e. The van der Waals surface area contributed by atoms with Crippen LogP contribution in [0, 0.1) is 0 Å². The Balaban J connectivity index is 0.00000320. The minimum Gasteiger partial charge on any atom is -0.357 e. The molecule has 1 unspecified atom stereocenters. The van der Waals surface area contributed by atoms with Gasteiger partial charge in [-0.1, -0.05) is 55.5 Å². The Labute approximate surface area is 197 Å². The number of nitrogens with one attached hydrogen (secondary N) is 2. The van der Waals surface area contributed by atoms with E-state index in [1.165, 1.54) is 22.3 Å². The number of nitrogens with zero attached hydrogens (tertiary/aromatic N) is 3. The lowest BCUT2D eigenvalue weighted by atomic mass is 9.98. The Bertz CT molecular complexity index is 904. The first kappa shape index (κ1) is 23.9. The van der Waals surface area contributed by atoms with Gasteiger partial charge in [0, 0.05) is 31.5 Å². The molecule has 3 aromatic rings. The van der Waals surface area contributed by atoms with Crippen LogP contribution in [0.5, 0.6) is 0 Å². The molecule has 0 aliphatic rings. The number of benzene rings is 2. The molecule has 2 aromatic carbocycles. The number of rotatable bonds is 8. The number of guanidine groups is 1. The average molecular weight is 517 g/mol. The van der Waals surface area contributed by atoms with Crippen molar-refractivity contribution in [3.63, 3.8) is 0 Å². The Morgan fingerprint density at radius 3 is 2.53 bits per heavy atom. The van der Waals surface area contributed by atoms with Gasteiger partial charge >= 0.3 is 0 Å². The zero-order valence-corrected chi connectivity index (χ0v) is 20.3. The summed E-state index contributed by atoms with van der Waals surface area (Å²) < 4.78 is 2.07. The van der Waals surface area contributed by atoms with Crippen LogP contribution in [-0.2, 0) is 13.1 Å². The van der Waals surface area contributed by atoms with Crippen molar-refractivity contribution in [2.45, 2.75) is 46.3 Å². The maximum atomic E-state index is 4.81. The standard InChI is InChI=1S/C24H31N5.HI/c1-4-19(3)28-24(26-5-2)27-16-22-8-6-7-9-23(22)21-12-10-20(11-13-21)17-29-15-14-25-18-29;/h6-15,18-19H,4-5,16-17H2,1-3H3,(H2,26,27,28);1H. The van der Waals surface area contributed by atoms with Crippen LogP contribution in [0.2, 0.25) is 0 Å². The first-order valence-electron chi connectivity index (χ1n) is 10.4. The molecule has 0 amide bonds. The van der Waals surface area contributed by atoms with Crippen molar-refractivity contribution in [3.05, 3.63) is 78.4 Å².